The molecule has 0 radical (unpaired) electrons. The molecule has 2 fully saturated rings. The lowest BCUT2D eigenvalue weighted by atomic mass is 10.0. The number of imidazole rings is 1. The van der Waals surface area contributed by atoms with Gasteiger partial charge in [-0.1, -0.05) is 12.1 Å². The van der Waals surface area contributed by atoms with Crippen molar-refractivity contribution in [2.75, 3.05) is 6.61 Å². The third kappa shape index (κ3) is 4.27. The molecule has 0 unspecified atom stereocenters. The maximum absolute atomic E-state index is 6.13. The van der Waals surface area contributed by atoms with E-state index in [-0.39, 0.29) is 6.10 Å². The Kier molecular flexibility index (Phi) is 5.56. The number of nitrogens with zero attached hydrogens (tertiary/aromatic N) is 2. The summed E-state index contributed by atoms with van der Waals surface area (Å²) in [5.74, 6) is 1.01. The molecule has 4 rings (SSSR count). The number of ether oxygens (including phenoxy) is 2. The molecule has 26 heavy (non-hydrogen) atoms. The molecule has 2 atom stereocenters. The third-order valence-corrected chi connectivity index (χ3v) is 5.57. The quantitative estimate of drug-likeness (QED) is 0.857. The number of aromatic nitrogens is 2. The number of hydrogen-bond donors (Lipinski definition) is 1. The lowest BCUT2D eigenvalue weighted by Crippen LogP contribution is -2.36. The van der Waals surface area contributed by atoms with E-state index in [1.165, 1.54) is 31.2 Å². The van der Waals surface area contributed by atoms with E-state index >= 15 is 0 Å². The van der Waals surface area contributed by atoms with Gasteiger partial charge in [0.15, 0.2) is 0 Å². The van der Waals surface area contributed by atoms with Crippen LogP contribution in [0.4, 0.5) is 0 Å². The van der Waals surface area contributed by atoms with Gasteiger partial charge in [-0.25, -0.2) is 4.98 Å². The van der Waals surface area contributed by atoms with E-state index in [1.807, 2.05) is 19.6 Å². The Hall–Kier alpha value is -1.85. The third-order valence-electron chi connectivity index (χ3n) is 5.57. The minimum Gasteiger partial charge on any atom is -0.490 e. The van der Waals surface area contributed by atoms with Crippen LogP contribution in [-0.2, 0) is 18.3 Å². The second-order valence-corrected chi connectivity index (χ2v) is 7.56. The van der Waals surface area contributed by atoms with Gasteiger partial charge in [0, 0.05) is 26.2 Å². The summed E-state index contributed by atoms with van der Waals surface area (Å²) in [4.78, 5) is 4.22. The first-order chi connectivity index (χ1) is 12.8. The molecule has 5 heteroatoms. The van der Waals surface area contributed by atoms with Crippen molar-refractivity contribution < 1.29 is 9.47 Å². The fourth-order valence-electron chi connectivity index (χ4n) is 4.06. The second kappa shape index (κ2) is 8.23. The molecular formula is C21H29N3O2. The lowest BCUT2D eigenvalue weighted by molar-refractivity contribution is -0.00404. The van der Waals surface area contributed by atoms with Crippen molar-refractivity contribution in [3.8, 4) is 5.75 Å². The molecule has 2 heterocycles. The molecule has 1 N–H and O–H groups in total. The first-order valence-electron chi connectivity index (χ1n) is 9.85. The van der Waals surface area contributed by atoms with Gasteiger partial charge in [0.05, 0.1) is 24.3 Å². The Morgan fingerprint density at radius 1 is 1.27 bits per heavy atom. The molecule has 1 saturated heterocycles. The second-order valence-electron chi connectivity index (χ2n) is 7.56. The molecule has 140 valence electrons. The molecule has 0 spiro atoms. The van der Waals surface area contributed by atoms with Gasteiger partial charge in [-0.3, -0.25) is 0 Å². The van der Waals surface area contributed by atoms with E-state index in [2.05, 4.69) is 39.1 Å². The van der Waals surface area contributed by atoms with Crippen LogP contribution in [0.5, 0.6) is 5.75 Å². The maximum Gasteiger partial charge on any atom is 0.120 e. The van der Waals surface area contributed by atoms with Gasteiger partial charge in [-0.15, -0.1) is 0 Å². The zero-order valence-electron chi connectivity index (χ0n) is 15.6. The van der Waals surface area contributed by atoms with Gasteiger partial charge < -0.3 is 19.4 Å². The Morgan fingerprint density at radius 2 is 2.15 bits per heavy atom. The van der Waals surface area contributed by atoms with Gasteiger partial charge in [-0.2, -0.15) is 0 Å². The zero-order valence-corrected chi connectivity index (χ0v) is 15.6. The average molecular weight is 355 g/mol. The Labute approximate surface area is 155 Å². The van der Waals surface area contributed by atoms with E-state index in [9.17, 15) is 0 Å². The van der Waals surface area contributed by atoms with Crippen LogP contribution in [0.15, 0.2) is 36.8 Å². The van der Waals surface area contributed by atoms with Crippen LogP contribution in [-0.4, -0.2) is 28.3 Å². The van der Waals surface area contributed by atoms with E-state index in [4.69, 9.17) is 9.47 Å². The average Bonchev–Trinajstić information content (AvgIpc) is 3.32. The maximum atomic E-state index is 6.13. The van der Waals surface area contributed by atoms with Gasteiger partial charge >= 0.3 is 0 Å². The summed E-state index contributed by atoms with van der Waals surface area (Å²) in [5, 5.41) is 3.70. The summed E-state index contributed by atoms with van der Waals surface area (Å²) >= 11 is 0. The molecule has 5 nitrogen and oxygen atoms in total. The van der Waals surface area contributed by atoms with Gasteiger partial charge in [0.25, 0.3) is 0 Å². The summed E-state index contributed by atoms with van der Waals surface area (Å²) in [6, 6.07) is 9.00. The number of rotatable bonds is 6. The topological polar surface area (TPSA) is 48.3 Å². The Morgan fingerprint density at radius 3 is 2.96 bits per heavy atom. The molecular weight excluding hydrogens is 326 g/mol. The van der Waals surface area contributed by atoms with Crippen LogP contribution in [0.25, 0.3) is 0 Å². The molecule has 0 amide bonds. The van der Waals surface area contributed by atoms with Crippen molar-refractivity contribution in [1.29, 1.82) is 0 Å². The standard InChI is InChI=1S/C21H29N3O2/c1-24-15-22-14-20(24)21-12-17(9-10-25-21)23-13-16-5-4-8-19(11-16)26-18-6-2-3-7-18/h4-5,8,11,14-15,17-18,21,23H,2-3,6-7,9-10,12-13H2,1H3/t17-,21+/m0/s1. The van der Waals surface area contributed by atoms with Crippen LogP contribution >= 0.6 is 0 Å². The summed E-state index contributed by atoms with van der Waals surface area (Å²) in [5.41, 5.74) is 2.44. The van der Waals surface area contributed by atoms with Crippen molar-refractivity contribution >= 4 is 0 Å². The first-order valence-corrected chi connectivity index (χ1v) is 9.85. The predicted molar refractivity (Wildman–Crippen MR) is 101 cm³/mol. The van der Waals surface area contributed by atoms with Crippen molar-refractivity contribution in [3.05, 3.63) is 48.0 Å². The highest BCUT2D eigenvalue weighted by molar-refractivity contribution is 5.28. The SMILES string of the molecule is Cn1cncc1[C@H]1C[C@@H](NCc2cccc(OC3CCCC3)c2)CCO1. The fourth-order valence-corrected chi connectivity index (χ4v) is 4.06. The number of aryl methyl sites for hydroxylation is 1. The molecule has 1 aromatic carbocycles. The normalized spacial score (nSPS) is 24.0. The zero-order chi connectivity index (χ0) is 17.8. The summed E-state index contributed by atoms with van der Waals surface area (Å²) in [6.07, 6.45) is 11.3. The monoisotopic (exact) mass is 355 g/mol. The summed E-state index contributed by atoms with van der Waals surface area (Å²) in [6.45, 7) is 1.66. The Balaban J connectivity index is 1.31. The van der Waals surface area contributed by atoms with Gasteiger partial charge in [-0.05, 0) is 56.2 Å². The van der Waals surface area contributed by atoms with Crippen molar-refractivity contribution in [1.82, 2.24) is 14.9 Å². The van der Waals surface area contributed by atoms with Crippen LogP contribution < -0.4 is 10.1 Å². The Bertz CT molecular complexity index is 709. The summed E-state index contributed by atoms with van der Waals surface area (Å²) < 4.78 is 14.1. The highest BCUT2D eigenvalue weighted by Gasteiger charge is 2.25. The summed E-state index contributed by atoms with van der Waals surface area (Å²) in [7, 11) is 2.03. The smallest absolute Gasteiger partial charge is 0.120 e. The van der Waals surface area contributed by atoms with Crippen molar-refractivity contribution in [3.63, 3.8) is 0 Å². The molecule has 0 bridgehead atoms. The van der Waals surface area contributed by atoms with Crippen LogP contribution in [0.3, 0.4) is 0 Å². The van der Waals surface area contributed by atoms with Crippen LogP contribution in [0.1, 0.15) is 55.9 Å². The molecule has 1 aromatic heterocycles. The van der Waals surface area contributed by atoms with Gasteiger partial charge in [0.2, 0.25) is 0 Å². The molecule has 2 aliphatic rings. The van der Waals surface area contributed by atoms with Crippen LogP contribution in [0.2, 0.25) is 0 Å². The van der Waals surface area contributed by atoms with E-state index in [1.54, 1.807) is 0 Å². The van der Waals surface area contributed by atoms with Crippen molar-refractivity contribution in [2.45, 2.75) is 63.3 Å². The molecule has 1 saturated carbocycles. The molecule has 2 aromatic rings. The minimum absolute atomic E-state index is 0.130. The van der Waals surface area contributed by atoms with E-state index in [0.29, 0.717) is 12.1 Å². The van der Waals surface area contributed by atoms with E-state index < -0.39 is 0 Å². The number of benzene rings is 1. The fraction of sp³-hybridized carbons (Fsp3) is 0.571. The first kappa shape index (κ1) is 17.6. The van der Waals surface area contributed by atoms with Crippen LogP contribution in [0, 0.1) is 0 Å². The highest BCUT2D eigenvalue weighted by Crippen LogP contribution is 2.28. The number of hydrogen-bond acceptors (Lipinski definition) is 4. The van der Waals surface area contributed by atoms with E-state index in [0.717, 1.165) is 37.4 Å². The van der Waals surface area contributed by atoms with Gasteiger partial charge in [0.1, 0.15) is 11.9 Å². The highest BCUT2D eigenvalue weighted by atomic mass is 16.5. The largest absolute Gasteiger partial charge is 0.490 e. The predicted octanol–water partition coefficient (Wildman–Crippen LogP) is 3.75. The van der Waals surface area contributed by atoms with Crippen molar-refractivity contribution in [2.24, 2.45) is 7.05 Å². The minimum atomic E-state index is 0.130. The molecule has 1 aliphatic carbocycles. The molecule has 1 aliphatic heterocycles. The number of nitrogens with one attached hydrogen (secondary N) is 1. The lowest BCUT2D eigenvalue weighted by Gasteiger charge is -2.30.